The van der Waals surface area contributed by atoms with Gasteiger partial charge in [-0.1, -0.05) is 64.4 Å². The molecule has 0 saturated heterocycles. The van der Waals surface area contributed by atoms with Crippen molar-refractivity contribution in [2.75, 3.05) is 0 Å². The minimum Gasteiger partial charge on any atom is -0.481 e. The molecule has 2 aliphatic carbocycles. The van der Waals surface area contributed by atoms with Crippen molar-refractivity contribution in [2.24, 2.45) is 29.6 Å². The zero-order valence-corrected chi connectivity index (χ0v) is 13.6. The molecular weight excluding hydrogens is 260 g/mol. The Morgan fingerprint density at radius 3 is 1.95 bits per heavy atom. The third kappa shape index (κ3) is 4.86. The molecule has 0 radical (unpaired) electrons. The summed E-state index contributed by atoms with van der Waals surface area (Å²) < 4.78 is 0. The molecule has 120 valence electrons. The van der Waals surface area contributed by atoms with Gasteiger partial charge in [0.1, 0.15) is 0 Å². The first-order valence-corrected chi connectivity index (χ1v) is 8.95. The molecule has 0 aliphatic heterocycles. The first-order valence-electron chi connectivity index (χ1n) is 8.95. The second-order valence-corrected chi connectivity index (χ2v) is 7.58. The van der Waals surface area contributed by atoms with Gasteiger partial charge in [0.25, 0.3) is 0 Å². The molecule has 1 unspecified atom stereocenters. The predicted octanol–water partition coefficient (Wildman–Crippen LogP) is 5.29. The van der Waals surface area contributed by atoms with Gasteiger partial charge in [-0.3, -0.25) is 4.79 Å². The van der Waals surface area contributed by atoms with Gasteiger partial charge in [0.05, 0.1) is 5.92 Å². The van der Waals surface area contributed by atoms with Crippen LogP contribution in [0.25, 0.3) is 0 Å². The van der Waals surface area contributed by atoms with E-state index in [2.05, 4.69) is 13.5 Å². The van der Waals surface area contributed by atoms with E-state index < -0.39 is 5.97 Å². The molecule has 2 aliphatic rings. The highest BCUT2D eigenvalue weighted by Crippen LogP contribution is 2.38. The normalized spacial score (nSPS) is 35.1. The lowest BCUT2D eigenvalue weighted by atomic mass is 9.73. The topological polar surface area (TPSA) is 37.3 Å². The average Bonchev–Trinajstić information content (AvgIpc) is 2.48. The highest BCUT2D eigenvalue weighted by atomic mass is 16.4. The molecule has 1 N–H and O–H groups in total. The second kappa shape index (κ2) is 8.00. The molecule has 0 bridgehead atoms. The van der Waals surface area contributed by atoms with Crippen LogP contribution in [0.15, 0.2) is 12.7 Å². The SMILES string of the molecule is C=CC(C(=O)O)[C@H]1CC[C@H](CC[C@H]2CC[C@H](C)CC2)CC1. The summed E-state index contributed by atoms with van der Waals surface area (Å²) in [5.41, 5.74) is 0. The van der Waals surface area contributed by atoms with Gasteiger partial charge in [0.2, 0.25) is 0 Å². The minimum atomic E-state index is -0.690. The highest BCUT2D eigenvalue weighted by molar-refractivity contribution is 5.72. The number of carboxylic acid groups (broad SMARTS) is 1. The molecule has 0 aromatic carbocycles. The molecule has 2 heteroatoms. The number of carbonyl (C=O) groups is 1. The fourth-order valence-electron chi connectivity index (χ4n) is 4.42. The van der Waals surface area contributed by atoms with E-state index in [4.69, 9.17) is 0 Å². The predicted molar refractivity (Wildman–Crippen MR) is 87.1 cm³/mol. The summed E-state index contributed by atoms with van der Waals surface area (Å²) in [6, 6.07) is 0. The maximum Gasteiger partial charge on any atom is 0.310 e. The van der Waals surface area contributed by atoms with Gasteiger partial charge in [0, 0.05) is 0 Å². The molecule has 2 rings (SSSR count). The molecule has 2 nitrogen and oxygen atoms in total. The third-order valence-corrected chi connectivity index (χ3v) is 6.06. The van der Waals surface area contributed by atoms with Gasteiger partial charge in [-0.05, 0) is 36.5 Å². The average molecular weight is 292 g/mol. The van der Waals surface area contributed by atoms with Crippen molar-refractivity contribution >= 4 is 5.97 Å². The first kappa shape index (κ1) is 16.6. The number of carboxylic acids is 1. The van der Waals surface area contributed by atoms with Crippen molar-refractivity contribution in [1.82, 2.24) is 0 Å². The Bertz CT molecular complexity index is 333. The minimum absolute atomic E-state index is 0.326. The van der Waals surface area contributed by atoms with Gasteiger partial charge in [-0.15, -0.1) is 6.58 Å². The summed E-state index contributed by atoms with van der Waals surface area (Å²) in [5.74, 6) is 2.07. The van der Waals surface area contributed by atoms with Crippen molar-refractivity contribution in [2.45, 2.75) is 71.1 Å². The van der Waals surface area contributed by atoms with E-state index >= 15 is 0 Å². The molecule has 0 amide bonds. The molecule has 2 fully saturated rings. The number of aliphatic carboxylic acids is 1. The molecule has 21 heavy (non-hydrogen) atoms. The van der Waals surface area contributed by atoms with Gasteiger partial charge >= 0.3 is 5.97 Å². The first-order chi connectivity index (χ1) is 10.1. The summed E-state index contributed by atoms with van der Waals surface area (Å²) >= 11 is 0. The van der Waals surface area contributed by atoms with Crippen LogP contribution in [-0.4, -0.2) is 11.1 Å². The second-order valence-electron chi connectivity index (χ2n) is 7.58. The molecule has 0 aromatic heterocycles. The Kier molecular flexibility index (Phi) is 6.32. The van der Waals surface area contributed by atoms with Crippen LogP contribution in [-0.2, 0) is 4.79 Å². The van der Waals surface area contributed by atoms with E-state index in [0.717, 1.165) is 30.6 Å². The summed E-state index contributed by atoms with van der Waals surface area (Å²) in [6.45, 7) is 6.08. The van der Waals surface area contributed by atoms with E-state index in [9.17, 15) is 9.90 Å². The maximum absolute atomic E-state index is 11.2. The van der Waals surface area contributed by atoms with Crippen LogP contribution >= 0.6 is 0 Å². The van der Waals surface area contributed by atoms with Crippen LogP contribution < -0.4 is 0 Å². The maximum atomic E-state index is 11.2. The van der Waals surface area contributed by atoms with Gasteiger partial charge in [-0.25, -0.2) is 0 Å². The van der Waals surface area contributed by atoms with Crippen LogP contribution in [0.4, 0.5) is 0 Å². The van der Waals surface area contributed by atoms with E-state index in [0.29, 0.717) is 5.92 Å². The van der Waals surface area contributed by atoms with Crippen molar-refractivity contribution in [3.05, 3.63) is 12.7 Å². The highest BCUT2D eigenvalue weighted by Gasteiger charge is 2.30. The molecule has 2 saturated carbocycles. The summed E-state index contributed by atoms with van der Waals surface area (Å²) in [4.78, 5) is 11.2. The Hall–Kier alpha value is -0.790. The van der Waals surface area contributed by atoms with Crippen LogP contribution in [0.2, 0.25) is 0 Å². The molecular formula is C19H32O2. The fraction of sp³-hybridized carbons (Fsp3) is 0.842. The largest absolute Gasteiger partial charge is 0.481 e. The lowest BCUT2D eigenvalue weighted by molar-refractivity contribution is -0.142. The molecule has 0 spiro atoms. The fourth-order valence-corrected chi connectivity index (χ4v) is 4.42. The van der Waals surface area contributed by atoms with Crippen molar-refractivity contribution < 1.29 is 9.90 Å². The summed E-state index contributed by atoms with van der Waals surface area (Å²) in [7, 11) is 0. The lowest BCUT2D eigenvalue weighted by Crippen LogP contribution is -2.26. The van der Waals surface area contributed by atoms with E-state index in [-0.39, 0.29) is 5.92 Å². The van der Waals surface area contributed by atoms with Crippen LogP contribution in [0.1, 0.15) is 71.1 Å². The summed E-state index contributed by atoms with van der Waals surface area (Å²) in [5, 5.41) is 9.22. The van der Waals surface area contributed by atoms with E-state index in [1.54, 1.807) is 6.08 Å². The monoisotopic (exact) mass is 292 g/mol. The lowest BCUT2D eigenvalue weighted by Gasteiger charge is -2.32. The Labute approximate surface area is 130 Å². The number of rotatable bonds is 6. The standard InChI is InChI=1S/C19H32O2/c1-3-18(19(20)21)17-12-10-16(11-13-17)9-8-15-6-4-14(2)5-7-15/h3,14-18H,1,4-13H2,2H3,(H,20,21)/t14-,15-,16-,17-,18?. The van der Waals surface area contributed by atoms with E-state index in [1.807, 2.05) is 0 Å². The van der Waals surface area contributed by atoms with Gasteiger partial charge in [0.15, 0.2) is 0 Å². The van der Waals surface area contributed by atoms with Crippen molar-refractivity contribution in [3.8, 4) is 0 Å². The van der Waals surface area contributed by atoms with E-state index in [1.165, 1.54) is 51.4 Å². The third-order valence-electron chi connectivity index (χ3n) is 6.06. The zero-order chi connectivity index (χ0) is 15.2. The van der Waals surface area contributed by atoms with Crippen molar-refractivity contribution in [1.29, 1.82) is 0 Å². The molecule has 0 aromatic rings. The van der Waals surface area contributed by atoms with Crippen LogP contribution in [0, 0.1) is 29.6 Å². The Morgan fingerprint density at radius 1 is 1.05 bits per heavy atom. The van der Waals surface area contributed by atoms with Gasteiger partial charge < -0.3 is 5.11 Å². The quantitative estimate of drug-likeness (QED) is 0.676. The zero-order valence-electron chi connectivity index (χ0n) is 13.6. The van der Waals surface area contributed by atoms with Gasteiger partial charge in [-0.2, -0.15) is 0 Å². The van der Waals surface area contributed by atoms with Crippen molar-refractivity contribution in [3.63, 3.8) is 0 Å². The summed E-state index contributed by atoms with van der Waals surface area (Å²) in [6.07, 6.45) is 14.8. The molecule has 1 atom stereocenters. The number of hydrogen-bond donors (Lipinski definition) is 1. The Morgan fingerprint density at radius 2 is 1.52 bits per heavy atom. The number of hydrogen-bond acceptors (Lipinski definition) is 1. The Balaban J connectivity index is 1.67. The van der Waals surface area contributed by atoms with Crippen LogP contribution in [0.3, 0.4) is 0 Å². The molecule has 0 heterocycles. The smallest absolute Gasteiger partial charge is 0.310 e. The van der Waals surface area contributed by atoms with Crippen LogP contribution in [0.5, 0.6) is 0 Å².